The molecule has 2 rings (SSSR count). The van der Waals surface area contributed by atoms with Crippen molar-refractivity contribution in [2.75, 3.05) is 18.4 Å². The van der Waals surface area contributed by atoms with E-state index in [1.54, 1.807) is 6.92 Å². The summed E-state index contributed by atoms with van der Waals surface area (Å²) in [5.74, 6) is -18.5. The molecule has 168 valence electrons. The van der Waals surface area contributed by atoms with Gasteiger partial charge in [-0.2, -0.15) is 0 Å². The Balaban J connectivity index is 2.20. The van der Waals surface area contributed by atoms with Crippen LogP contribution in [0.15, 0.2) is 12.1 Å². The van der Waals surface area contributed by atoms with Crippen molar-refractivity contribution in [1.82, 2.24) is 4.90 Å². The van der Waals surface area contributed by atoms with Crippen molar-refractivity contribution in [3.8, 4) is 0 Å². The molecular weight excluding hydrogens is 440 g/mol. The van der Waals surface area contributed by atoms with E-state index in [1.807, 2.05) is 5.32 Å². The van der Waals surface area contributed by atoms with Gasteiger partial charge in [0.1, 0.15) is 0 Å². The van der Waals surface area contributed by atoms with Gasteiger partial charge in [0.25, 0.3) is 0 Å². The summed E-state index contributed by atoms with van der Waals surface area (Å²) in [6.45, 7) is 0.577. The predicted molar refractivity (Wildman–Crippen MR) is 91.8 cm³/mol. The van der Waals surface area contributed by atoms with Gasteiger partial charge in [-0.1, -0.05) is 6.92 Å². The van der Waals surface area contributed by atoms with Gasteiger partial charge in [0.2, 0.25) is 17.6 Å². The van der Waals surface area contributed by atoms with Crippen LogP contribution in [0.5, 0.6) is 0 Å². The van der Waals surface area contributed by atoms with E-state index in [2.05, 4.69) is 0 Å². The van der Waals surface area contributed by atoms with Crippen molar-refractivity contribution < 1.29 is 44.7 Å². The average molecular weight is 454 g/mol. The monoisotopic (exact) mass is 454 g/mol. The van der Waals surface area contributed by atoms with E-state index in [9.17, 15) is 44.7 Å². The molecule has 2 aromatic carbocycles. The Kier molecular flexibility index (Phi) is 7.58. The number of benzene rings is 2. The molecule has 0 aromatic heterocycles. The fourth-order valence-electron chi connectivity index (χ4n) is 2.62. The van der Waals surface area contributed by atoms with Gasteiger partial charge in [0.15, 0.2) is 40.7 Å². The first-order valence-electron chi connectivity index (χ1n) is 8.70. The van der Waals surface area contributed by atoms with Gasteiger partial charge < -0.3 is 10.2 Å². The van der Waals surface area contributed by atoms with Crippen molar-refractivity contribution in [3.63, 3.8) is 0 Å². The number of carbonyl (C=O) groups excluding carboxylic acids is 2. The third kappa shape index (κ3) is 5.12. The summed E-state index contributed by atoms with van der Waals surface area (Å²) in [5.41, 5.74) is -2.11. The van der Waals surface area contributed by atoms with Crippen LogP contribution in [-0.4, -0.2) is 29.8 Å². The Labute approximate surface area is 170 Å². The number of hydrogen-bond donors (Lipinski definition) is 1. The van der Waals surface area contributed by atoms with E-state index in [-0.39, 0.29) is 13.0 Å². The minimum atomic E-state index is -2.38. The molecular formula is C19H14F8N2O2. The lowest BCUT2D eigenvalue weighted by atomic mass is 10.1. The van der Waals surface area contributed by atoms with Crippen LogP contribution < -0.4 is 5.32 Å². The van der Waals surface area contributed by atoms with Crippen LogP contribution in [0.3, 0.4) is 0 Å². The quantitative estimate of drug-likeness (QED) is 0.387. The Morgan fingerprint density at radius 3 is 1.90 bits per heavy atom. The van der Waals surface area contributed by atoms with Gasteiger partial charge in [0, 0.05) is 12.1 Å². The van der Waals surface area contributed by atoms with Crippen molar-refractivity contribution in [2.24, 2.45) is 0 Å². The Hall–Kier alpha value is -3.18. The number of rotatable bonds is 7. The maximum Gasteiger partial charge on any atom is 0.244 e. The van der Waals surface area contributed by atoms with E-state index in [0.29, 0.717) is 6.07 Å². The highest BCUT2D eigenvalue weighted by molar-refractivity contribution is 5.94. The molecule has 0 radical (unpaired) electrons. The molecule has 0 fully saturated rings. The van der Waals surface area contributed by atoms with Gasteiger partial charge in [-0.15, -0.1) is 0 Å². The molecule has 31 heavy (non-hydrogen) atoms. The molecule has 0 aliphatic heterocycles. The third-order valence-electron chi connectivity index (χ3n) is 4.12. The van der Waals surface area contributed by atoms with Crippen molar-refractivity contribution >= 4 is 17.5 Å². The molecule has 0 heterocycles. The number of nitrogens with zero attached hydrogens (tertiary/aromatic N) is 1. The van der Waals surface area contributed by atoms with Crippen LogP contribution in [0.1, 0.15) is 18.9 Å². The van der Waals surface area contributed by atoms with E-state index in [1.165, 1.54) is 0 Å². The second-order valence-corrected chi connectivity index (χ2v) is 6.31. The summed E-state index contributed by atoms with van der Waals surface area (Å²) < 4.78 is 107. The number of amides is 2. The highest BCUT2D eigenvalue weighted by Crippen LogP contribution is 2.24. The zero-order chi connectivity index (χ0) is 23.5. The maximum absolute atomic E-state index is 13.8. The Morgan fingerprint density at radius 1 is 0.806 bits per heavy atom. The zero-order valence-electron chi connectivity index (χ0n) is 15.8. The molecule has 0 bridgehead atoms. The second-order valence-electron chi connectivity index (χ2n) is 6.31. The van der Waals surface area contributed by atoms with Crippen LogP contribution in [0, 0.1) is 46.5 Å². The smallest absolute Gasteiger partial charge is 0.244 e. The molecule has 1 N–H and O–H groups in total. The lowest BCUT2D eigenvalue weighted by Crippen LogP contribution is -2.39. The maximum atomic E-state index is 13.8. The fraction of sp³-hybridized carbons (Fsp3) is 0.263. The number of nitrogens with one attached hydrogen (secondary N) is 1. The zero-order valence-corrected chi connectivity index (χ0v) is 15.8. The van der Waals surface area contributed by atoms with Crippen LogP contribution in [0.25, 0.3) is 0 Å². The third-order valence-corrected chi connectivity index (χ3v) is 4.12. The van der Waals surface area contributed by atoms with E-state index in [4.69, 9.17) is 0 Å². The van der Waals surface area contributed by atoms with Gasteiger partial charge in [0.05, 0.1) is 18.7 Å². The highest BCUT2D eigenvalue weighted by atomic mass is 19.2. The van der Waals surface area contributed by atoms with E-state index in [0.717, 1.165) is 11.0 Å². The van der Waals surface area contributed by atoms with Crippen LogP contribution in [0.4, 0.5) is 40.8 Å². The standard InChI is InChI=1S/C19H14F8N2O2/c1-2-5-29(7-11(30)28-10-4-3-9(20)15(23)16(10)24)12(31)6-8-13(21)17(25)19(27)18(26)14(8)22/h3-4H,2,5-7H2,1H3,(H,28,30). The predicted octanol–water partition coefficient (Wildman–Crippen LogP) is 4.22. The van der Waals surface area contributed by atoms with Gasteiger partial charge in [-0.3, -0.25) is 9.59 Å². The number of halogens is 8. The first kappa shape index (κ1) is 24.1. The normalized spacial score (nSPS) is 10.9. The summed E-state index contributed by atoms with van der Waals surface area (Å²) in [7, 11) is 0. The molecule has 4 nitrogen and oxygen atoms in total. The first-order chi connectivity index (χ1) is 14.5. The van der Waals surface area contributed by atoms with E-state index >= 15 is 0 Å². The molecule has 0 aliphatic rings. The molecule has 0 spiro atoms. The number of hydrogen-bond acceptors (Lipinski definition) is 2. The largest absolute Gasteiger partial charge is 0.333 e. The summed E-state index contributed by atoms with van der Waals surface area (Å²) >= 11 is 0. The molecule has 0 unspecified atom stereocenters. The number of carbonyl (C=O) groups is 2. The van der Waals surface area contributed by atoms with E-state index < -0.39 is 82.6 Å². The van der Waals surface area contributed by atoms with Gasteiger partial charge in [-0.05, 0) is 18.6 Å². The Morgan fingerprint density at radius 2 is 1.35 bits per heavy atom. The SMILES string of the molecule is CCCN(CC(=O)Nc1ccc(F)c(F)c1F)C(=O)Cc1c(F)c(F)c(F)c(F)c1F. The van der Waals surface area contributed by atoms with Crippen LogP contribution in [0.2, 0.25) is 0 Å². The molecule has 0 saturated heterocycles. The summed E-state index contributed by atoms with van der Waals surface area (Å²) in [4.78, 5) is 25.2. The second kappa shape index (κ2) is 9.75. The fourth-order valence-corrected chi connectivity index (χ4v) is 2.62. The lowest BCUT2D eigenvalue weighted by molar-refractivity contribution is -0.134. The van der Waals surface area contributed by atoms with Crippen molar-refractivity contribution in [1.29, 1.82) is 0 Å². The molecule has 2 aromatic rings. The Bertz CT molecular complexity index is 1000. The molecule has 12 heteroatoms. The number of anilines is 1. The summed E-state index contributed by atoms with van der Waals surface area (Å²) in [5, 5.41) is 1.90. The molecule has 0 saturated carbocycles. The van der Waals surface area contributed by atoms with Crippen molar-refractivity contribution in [2.45, 2.75) is 19.8 Å². The first-order valence-corrected chi connectivity index (χ1v) is 8.70. The van der Waals surface area contributed by atoms with Crippen molar-refractivity contribution in [3.05, 3.63) is 64.2 Å². The molecule has 0 aliphatic carbocycles. The van der Waals surface area contributed by atoms with Gasteiger partial charge >= 0.3 is 0 Å². The van der Waals surface area contributed by atoms with Crippen LogP contribution >= 0.6 is 0 Å². The topological polar surface area (TPSA) is 49.4 Å². The lowest BCUT2D eigenvalue weighted by Gasteiger charge is -2.22. The highest BCUT2D eigenvalue weighted by Gasteiger charge is 2.28. The van der Waals surface area contributed by atoms with Crippen LogP contribution in [-0.2, 0) is 16.0 Å². The summed E-state index contributed by atoms with van der Waals surface area (Å²) in [6, 6.07) is 1.28. The average Bonchev–Trinajstić information content (AvgIpc) is 2.74. The van der Waals surface area contributed by atoms with Gasteiger partial charge in [-0.25, -0.2) is 35.1 Å². The summed E-state index contributed by atoms with van der Waals surface area (Å²) in [6.07, 6.45) is -1.02. The molecule has 0 atom stereocenters. The minimum absolute atomic E-state index is 0.165. The molecule has 2 amide bonds. The minimum Gasteiger partial charge on any atom is -0.333 e.